The van der Waals surface area contributed by atoms with Crippen molar-refractivity contribution in [3.63, 3.8) is 0 Å². The molecule has 2 unspecified atom stereocenters. The van der Waals surface area contributed by atoms with Gasteiger partial charge in [0, 0.05) is 33.1 Å². The van der Waals surface area contributed by atoms with Gasteiger partial charge in [0.15, 0.2) is 0 Å². The highest BCUT2D eigenvalue weighted by molar-refractivity contribution is 6.42. The maximum atomic E-state index is 13.7. The van der Waals surface area contributed by atoms with Crippen LogP contribution in [0.4, 0.5) is 4.39 Å². The SMILES string of the molecule is CC(=O)NC1(c2ccccc2)CCN(CC2CC2(C(=O)NCCc2ccc(F)cc2)c2ccc(Cl)c(Cl)c2)CC1. The number of likely N-dealkylation sites (tertiary alicyclic amines) is 1. The van der Waals surface area contributed by atoms with Gasteiger partial charge in [-0.05, 0) is 72.6 Å². The molecule has 3 aromatic rings. The smallest absolute Gasteiger partial charge is 0.231 e. The van der Waals surface area contributed by atoms with E-state index in [2.05, 4.69) is 27.7 Å². The van der Waals surface area contributed by atoms with E-state index < -0.39 is 5.41 Å². The summed E-state index contributed by atoms with van der Waals surface area (Å²) in [4.78, 5) is 28.2. The second-order valence-corrected chi connectivity index (χ2v) is 11.9. The van der Waals surface area contributed by atoms with E-state index in [0.717, 1.165) is 55.6 Å². The number of amides is 2. The Hall–Kier alpha value is -2.93. The van der Waals surface area contributed by atoms with E-state index in [1.807, 2.05) is 30.3 Å². The Morgan fingerprint density at radius 1 is 0.950 bits per heavy atom. The van der Waals surface area contributed by atoms with E-state index in [9.17, 15) is 14.0 Å². The zero-order chi connectivity index (χ0) is 28.3. The lowest BCUT2D eigenvalue weighted by atomic mass is 9.80. The molecule has 1 aliphatic carbocycles. The van der Waals surface area contributed by atoms with Crippen molar-refractivity contribution in [2.24, 2.45) is 5.92 Å². The Morgan fingerprint density at radius 2 is 1.65 bits per heavy atom. The summed E-state index contributed by atoms with van der Waals surface area (Å²) < 4.78 is 13.3. The van der Waals surface area contributed by atoms with E-state index in [4.69, 9.17) is 23.2 Å². The maximum absolute atomic E-state index is 13.7. The lowest BCUT2D eigenvalue weighted by Gasteiger charge is -2.43. The Labute approximate surface area is 245 Å². The third kappa shape index (κ3) is 6.04. The van der Waals surface area contributed by atoms with E-state index in [1.165, 1.54) is 12.1 Å². The maximum Gasteiger partial charge on any atom is 0.231 e. The molecule has 5 rings (SSSR count). The average molecular weight is 583 g/mol. The number of halogens is 3. The molecule has 0 spiro atoms. The molecule has 210 valence electrons. The number of nitrogens with one attached hydrogen (secondary N) is 2. The fourth-order valence-electron chi connectivity index (χ4n) is 6.22. The van der Waals surface area contributed by atoms with Crippen molar-refractivity contribution in [2.45, 2.75) is 43.6 Å². The summed E-state index contributed by atoms with van der Waals surface area (Å²) >= 11 is 12.6. The molecule has 2 atom stereocenters. The van der Waals surface area contributed by atoms with Crippen molar-refractivity contribution < 1.29 is 14.0 Å². The minimum absolute atomic E-state index is 0.0214. The standard InChI is InChI=1S/C32H34Cl2FN3O2/c1-22(39)37-31(24-5-3-2-4-6-24)14-17-38(18-15-31)21-26-20-32(26,25-9-12-28(33)29(34)19-25)30(40)36-16-13-23-7-10-27(35)11-8-23/h2-12,19,26H,13-18,20-21H2,1H3,(H,36,40)(H,37,39). The van der Waals surface area contributed by atoms with Crippen LogP contribution in [0.5, 0.6) is 0 Å². The third-order valence-corrected chi connectivity index (χ3v) is 9.23. The predicted octanol–water partition coefficient (Wildman–Crippen LogP) is 5.88. The first kappa shape index (κ1) is 28.6. The second-order valence-electron chi connectivity index (χ2n) is 11.1. The van der Waals surface area contributed by atoms with Crippen molar-refractivity contribution in [3.05, 3.63) is 105 Å². The van der Waals surface area contributed by atoms with Crippen molar-refractivity contribution in [1.82, 2.24) is 15.5 Å². The minimum Gasteiger partial charge on any atom is -0.355 e. The topological polar surface area (TPSA) is 61.4 Å². The van der Waals surface area contributed by atoms with Gasteiger partial charge in [-0.1, -0.05) is 71.7 Å². The van der Waals surface area contributed by atoms with E-state index in [0.29, 0.717) is 23.0 Å². The summed E-state index contributed by atoms with van der Waals surface area (Å²) in [5, 5.41) is 7.26. The molecule has 8 heteroatoms. The van der Waals surface area contributed by atoms with Gasteiger partial charge in [0.25, 0.3) is 0 Å². The first-order chi connectivity index (χ1) is 19.2. The molecule has 1 saturated heterocycles. The van der Waals surface area contributed by atoms with Crippen molar-refractivity contribution in [2.75, 3.05) is 26.2 Å². The van der Waals surface area contributed by atoms with Crippen LogP contribution in [-0.2, 0) is 27.0 Å². The van der Waals surface area contributed by atoms with Crippen LogP contribution in [0.3, 0.4) is 0 Å². The highest BCUT2D eigenvalue weighted by Gasteiger charge is 2.61. The molecule has 2 amide bonds. The van der Waals surface area contributed by atoms with Crippen molar-refractivity contribution in [3.8, 4) is 0 Å². The van der Waals surface area contributed by atoms with Crippen molar-refractivity contribution >= 4 is 35.0 Å². The Balaban J connectivity index is 1.28. The van der Waals surface area contributed by atoms with Crippen LogP contribution in [-0.4, -0.2) is 42.9 Å². The summed E-state index contributed by atoms with van der Waals surface area (Å²) in [6, 6.07) is 22.0. The third-order valence-electron chi connectivity index (χ3n) is 8.49. The van der Waals surface area contributed by atoms with Gasteiger partial charge in [-0.25, -0.2) is 4.39 Å². The highest BCUT2D eigenvalue weighted by Crippen LogP contribution is 2.56. The molecule has 1 saturated carbocycles. The normalized spacial score (nSPS) is 21.9. The number of rotatable bonds is 9. The van der Waals surface area contributed by atoms with Crippen LogP contribution in [0.25, 0.3) is 0 Å². The number of hydrogen-bond acceptors (Lipinski definition) is 3. The van der Waals surface area contributed by atoms with Gasteiger partial charge in [-0.3, -0.25) is 9.59 Å². The number of piperidine rings is 1. The van der Waals surface area contributed by atoms with Gasteiger partial charge in [0.1, 0.15) is 5.82 Å². The molecule has 1 aliphatic heterocycles. The summed E-state index contributed by atoms with van der Waals surface area (Å²) in [5.41, 5.74) is 1.91. The van der Waals surface area contributed by atoms with Crippen LogP contribution >= 0.6 is 23.2 Å². The van der Waals surface area contributed by atoms with Gasteiger partial charge in [-0.2, -0.15) is 0 Å². The molecular formula is C32H34Cl2FN3O2. The number of nitrogens with zero attached hydrogens (tertiary/aromatic N) is 1. The monoisotopic (exact) mass is 581 g/mol. The molecule has 1 heterocycles. The Morgan fingerprint density at radius 3 is 2.30 bits per heavy atom. The molecule has 2 aliphatic rings. The van der Waals surface area contributed by atoms with Crippen LogP contribution < -0.4 is 10.6 Å². The summed E-state index contributed by atoms with van der Waals surface area (Å²) in [6.45, 7) is 4.43. The summed E-state index contributed by atoms with van der Waals surface area (Å²) in [5.74, 6) is -0.203. The fraction of sp³-hybridized carbons (Fsp3) is 0.375. The van der Waals surface area contributed by atoms with E-state index in [1.54, 1.807) is 25.1 Å². The highest BCUT2D eigenvalue weighted by atomic mass is 35.5. The molecule has 0 radical (unpaired) electrons. The lowest BCUT2D eigenvalue weighted by Crippen LogP contribution is -2.53. The van der Waals surface area contributed by atoms with Crippen LogP contribution in [0, 0.1) is 11.7 Å². The van der Waals surface area contributed by atoms with E-state index >= 15 is 0 Å². The van der Waals surface area contributed by atoms with Crippen LogP contribution in [0.15, 0.2) is 72.8 Å². The van der Waals surface area contributed by atoms with Crippen LogP contribution in [0.1, 0.15) is 42.9 Å². The molecule has 40 heavy (non-hydrogen) atoms. The molecule has 3 aromatic carbocycles. The van der Waals surface area contributed by atoms with Gasteiger partial charge >= 0.3 is 0 Å². The number of carbonyl (C=O) groups is 2. The zero-order valence-electron chi connectivity index (χ0n) is 22.6. The Bertz CT molecular complexity index is 1360. The number of hydrogen-bond donors (Lipinski definition) is 2. The van der Waals surface area contributed by atoms with Crippen LogP contribution in [0.2, 0.25) is 10.0 Å². The first-order valence-corrected chi connectivity index (χ1v) is 14.5. The largest absolute Gasteiger partial charge is 0.355 e. The molecule has 0 aromatic heterocycles. The molecule has 0 bridgehead atoms. The lowest BCUT2D eigenvalue weighted by molar-refractivity contribution is -0.124. The fourth-order valence-corrected chi connectivity index (χ4v) is 6.52. The average Bonchev–Trinajstić information content (AvgIpc) is 3.67. The van der Waals surface area contributed by atoms with Gasteiger partial charge in [0.2, 0.25) is 11.8 Å². The molecule has 2 N–H and O–H groups in total. The summed E-state index contributed by atoms with van der Waals surface area (Å²) in [7, 11) is 0. The van der Waals surface area contributed by atoms with Crippen molar-refractivity contribution in [1.29, 1.82) is 0 Å². The summed E-state index contributed by atoms with van der Waals surface area (Å²) in [6.07, 6.45) is 2.93. The Kier molecular flexibility index (Phi) is 8.50. The second kappa shape index (κ2) is 11.9. The van der Waals surface area contributed by atoms with Gasteiger partial charge in [-0.15, -0.1) is 0 Å². The van der Waals surface area contributed by atoms with E-state index in [-0.39, 0.29) is 29.1 Å². The predicted molar refractivity (Wildman–Crippen MR) is 157 cm³/mol. The number of carbonyl (C=O) groups excluding carboxylic acids is 2. The minimum atomic E-state index is -0.678. The molecule has 5 nitrogen and oxygen atoms in total. The van der Waals surface area contributed by atoms with Gasteiger partial charge < -0.3 is 15.5 Å². The quantitative estimate of drug-likeness (QED) is 0.332. The number of benzene rings is 3. The molecular weight excluding hydrogens is 548 g/mol. The zero-order valence-corrected chi connectivity index (χ0v) is 24.1. The van der Waals surface area contributed by atoms with Gasteiger partial charge in [0.05, 0.1) is 21.0 Å². The molecule has 2 fully saturated rings. The first-order valence-electron chi connectivity index (χ1n) is 13.8.